The van der Waals surface area contributed by atoms with E-state index in [4.69, 9.17) is 50.6 Å². The van der Waals surface area contributed by atoms with Crippen LogP contribution in [-0.2, 0) is 17.3 Å². The molecular weight excluding hydrogens is 494 g/mol. The van der Waals surface area contributed by atoms with Crippen LogP contribution >= 0.6 is 70.2 Å². The summed E-state index contributed by atoms with van der Waals surface area (Å²) in [6, 6.07) is 10.5. The molecule has 1 atom stereocenters. The van der Waals surface area contributed by atoms with Crippen LogP contribution in [0.25, 0.3) is 0 Å². The Morgan fingerprint density at radius 1 is 1.07 bits per heavy atom. The zero-order chi connectivity index (χ0) is 20.8. The van der Waals surface area contributed by atoms with Crippen LogP contribution in [0.4, 0.5) is 4.79 Å². The predicted molar refractivity (Wildman–Crippen MR) is 123 cm³/mol. The highest BCUT2D eigenvalue weighted by molar-refractivity contribution is 8.36. The molecular formula is C19H14Cl4N2O2S2. The van der Waals surface area contributed by atoms with Crippen LogP contribution in [0.3, 0.4) is 0 Å². The minimum absolute atomic E-state index is 0.217. The number of benzene rings is 2. The second-order valence-corrected chi connectivity index (χ2v) is 9.77. The van der Waals surface area contributed by atoms with E-state index in [1.54, 1.807) is 43.0 Å². The van der Waals surface area contributed by atoms with Crippen molar-refractivity contribution < 1.29 is 8.98 Å². The molecule has 1 heterocycles. The number of carbonyl (C=O) groups is 1. The fourth-order valence-corrected chi connectivity index (χ4v) is 5.62. The molecule has 3 rings (SSSR count). The van der Waals surface area contributed by atoms with Crippen LogP contribution in [0.1, 0.15) is 16.4 Å². The number of imidazole rings is 1. The fourth-order valence-electron chi connectivity index (χ4n) is 2.50. The molecule has 0 saturated heterocycles. The summed E-state index contributed by atoms with van der Waals surface area (Å²) in [5.41, 5.74) is 1.56. The fraction of sp³-hybridized carbons (Fsp3) is 0.158. The summed E-state index contributed by atoms with van der Waals surface area (Å²) >= 11 is 26.5. The number of nitrogens with zero attached hydrogens (tertiary/aromatic N) is 2. The van der Waals surface area contributed by atoms with Gasteiger partial charge in [0.15, 0.2) is 0 Å². The van der Waals surface area contributed by atoms with Gasteiger partial charge in [-0.3, -0.25) is 4.79 Å². The van der Waals surface area contributed by atoms with Gasteiger partial charge in [-0.15, -0.1) is 0 Å². The first-order valence-corrected chi connectivity index (χ1v) is 11.4. The van der Waals surface area contributed by atoms with Crippen molar-refractivity contribution in [2.45, 2.75) is 18.4 Å². The van der Waals surface area contributed by atoms with Gasteiger partial charge < -0.3 is 8.75 Å². The summed E-state index contributed by atoms with van der Waals surface area (Å²) in [6.07, 6.45) is 5.14. The maximum absolute atomic E-state index is 12.5. The second kappa shape index (κ2) is 11.0. The molecule has 0 aliphatic carbocycles. The number of hydrogen-bond donors (Lipinski definition) is 0. The lowest BCUT2D eigenvalue weighted by molar-refractivity contribution is 0.273. The summed E-state index contributed by atoms with van der Waals surface area (Å²) in [6.45, 7) is 0.734. The molecule has 10 heteroatoms. The number of aromatic nitrogens is 2. The second-order valence-electron chi connectivity index (χ2n) is 5.87. The van der Waals surface area contributed by atoms with Crippen LogP contribution in [-0.4, -0.2) is 14.0 Å². The molecule has 29 heavy (non-hydrogen) atoms. The van der Waals surface area contributed by atoms with Crippen molar-refractivity contribution in [2.24, 2.45) is 0 Å². The molecule has 4 nitrogen and oxygen atoms in total. The van der Waals surface area contributed by atoms with Crippen molar-refractivity contribution in [1.82, 2.24) is 9.55 Å². The Kier molecular flexibility index (Phi) is 8.62. The van der Waals surface area contributed by atoms with Crippen molar-refractivity contribution in [2.75, 3.05) is 0 Å². The van der Waals surface area contributed by atoms with E-state index >= 15 is 0 Å². The third-order valence-electron chi connectivity index (χ3n) is 3.81. The summed E-state index contributed by atoms with van der Waals surface area (Å²) in [7, 11) is 0. The third kappa shape index (κ3) is 6.82. The predicted octanol–water partition coefficient (Wildman–Crippen LogP) is 7.96. The lowest BCUT2D eigenvalue weighted by Crippen LogP contribution is -2.08. The maximum Gasteiger partial charge on any atom is 0.273 e. The van der Waals surface area contributed by atoms with Crippen LogP contribution in [0.2, 0.25) is 20.1 Å². The number of halogens is 4. The molecule has 0 spiro atoms. The Morgan fingerprint density at radius 3 is 2.38 bits per heavy atom. The Morgan fingerprint density at radius 2 is 1.76 bits per heavy atom. The zero-order valence-electron chi connectivity index (χ0n) is 14.7. The normalized spacial score (nSPS) is 12.1. The highest BCUT2D eigenvalue weighted by atomic mass is 35.5. The molecule has 0 amide bonds. The lowest BCUT2D eigenvalue weighted by atomic mass is 10.1. The molecule has 0 aliphatic rings. The Bertz CT molecular complexity index is 946. The van der Waals surface area contributed by atoms with E-state index in [1.165, 1.54) is 0 Å². The minimum Gasteiger partial charge on any atom is -0.336 e. The average molecular weight is 508 g/mol. The molecule has 0 aliphatic heterocycles. The van der Waals surface area contributed by atoms with E-state index in [9.17, 15) is 4.79 Å². The van der Waals surface area contributed by atoms with Crippen LogP contribution in [0.15, 0.2) is 55.1 Å². The molecule has 0 radical (unpaired) electrons. The molecule has 0 saturated carbocycles. The van der Waals surface area contributed by atoms with Crippen LogP contribution in [0, 0.1) is 0 Å². The van der Waals surface area contributed by atoms with Gasteiger partial charge in [-0.1, -0.05) is 70.3 Å². The van der Waals surface area contributed by atoms with E-state index in [1.807, 2.05) is 16.7 Å². The highest BCUT2D eigenvalue weighted by Crippen LogP contribution is 2.43. The molecule has 3 aromatic rings. The quantitative estimate of drug-likeness (QED) is 0.303. The average Bonchev–Trinajstić information content (AvgIpc) is 3.15. The number of rotatable bonds is 7. The summed E-state index contributed by atoms with van der Waals surface area (Å²) in [5.74, 6) is 0. The van der Waals surface area contributed by atoms with Crippen molar-refractivity contribution >= 4 is 74.7 Å². The molecule has 0 N–H and O–H groups in total. The van der Waals surface area contributed by atoms with Crippen LogP contribution in [0.5, 0.6) is 0 Å². The van der Waals surface area contributed by atoms with Gasteiger partial charge in [0.25, 0.3) is 4.45 Å². The van der Waals surface area contributed by atoms with Gasteiger partial charge in [0.1, 0.15) is 0 Å². The minimum atomic E-state index is -0.347. The Hall–Kier alpha value is -0.860. The first-order chi connectivity index (χ1) is 13.9. The van der Waals surface area contributed by atoms with Gasteiger partial charge in [0, 0.05) is 44.6 Å². The highest BCUT2D eigenvalue weighted by Gasteiger charge is 2.24. The van der Waals surface area contributed by atoms with Crippen molar-refractivity contribution in [3.63, 3.8) is 0 Å². The summed E-state index contributed by atoms with van der Waals surface area (Å²) in [5, 5.41) is 1.54. The van der Waals surface area contributed by atoms with Crippen molar-refractivity contribution in [3.05, 3.63) is 86.3 Å². The van der Waals surface area contributed by atoms with Crippen LogP contribution < -0.4 is 0 Å². The van der Waals surface area contributed by atoms with Gasteiger partial charge in [-0.2, -0.15) is 0 Å². The van der Waals surface area contributed by atoms with Crippen molar-refractivity contribution in [1.29, 1.82) is 0 Å². The standard InChI is InChI=1S/C19H14Cl4N2O2S2/c20-13-3-1-12(2-4-13)10-27-29-19(26)28-17(9-25-6-5-24-11-25)18-15(22)7-14(21)8-16(18)23/h1-8,11,17H,9-10H2. The summed E-state index contributed by atoms with van der Waals surface area (Å²) < 4.78 is 7.11. The lowest BCUT2D eigenvalue weighted by Gasteiger charge is -2.19. The van der Waals surface area contributed by atoms with Gasteiger partial charge in [0.2, 0.25) is 0 Å². The molecule has 1 aromatic heterocycles. The van der Waals surface area contributed by atoms with Gasteiger partial charge in [-0.05, 0) is 29.8 Å². The van der Waals surface area contributed by atoms with E-state index in [0.717, 1.165) is 29.4 Å². The van der Waals surface area contributed by atoms with E-state index in [2.05, 4.69) is 4.98 Å². The first-order valence-electron chi connectivity index (χ1n) is 8.27. The number of carbonyl (C=O) groups excluding carboxylic acids is 1. The Balaban J connectivity index is 1.68. The maximum atomic E-state index is 12.5. The first kappa shape index (κ1) is 22.8. The van der Waals surface area contributed by atoms with E-state index < -0.39 is 0 Å². The van der Waals surface area contributed by atoms with Crippen molar-refractivity contribution in [3.8, 4) is 0 Å². The Labute approximate surface area is 197 Å². The van der Waals surface area contributed by atoms with E-state index in [0.29, 0.717) is 32.2 Å². The summed E-state index contributed by atoms with van der Waals surface area (Å²) in [4.78, 5) is 16.6. The SMILES string of the molecule is O=C(SOCc1ccc(Cl)cc1)SC(Cn1ccnc1)c1c(Cl)cc(Cl)cc1Cl. The third-order valence-corrected chi connectivity index (χ3v) is 6.63. The molecule has 2 aromatic carbocycles. The monoisotopic (exact) mass is 506 g/mol. The molecule has 152 valence electrons. The molecule has 1 unspecified atom stereocenters. The van der Waals surface area contributed by atoms with Gasteiger partial charge >= 0.3 is 0 Å². The topological polar surface area (TPSA) is 44.1 Å². The molecule has 0 bridgehead atoms. The van der Waals surface area contributed by atoms with Gasteiger partial charge in [-0.25, -0.2) is 4.98 Å². The van der Waals surface area contributed by atoms with Gasteiger partial charge in [0.05, 0.1) is 30.2 Å². The number of hydrogen-bond acceptors (Lipinski definition) is 5. The molecule has 0 fully saturated rings. The largest absolute Gasteiger partial charge is 0.336 e. The smallest absolute Gasteiger partial charge is 0.273 e. The zero-order valence-corrected chi connectivity index (χ0v) is 19.4. The van der Waals surface area contributed by atoms with E-state index in [-0.39, 0.29) is 16.3 Å². The number of thioether (sulfide) groups is 1.